The Kier molecular flexibility index (Phi) is 5.29. The molecule has 5 heteroatoms. The van der Waals surface area contributed by atoms with E-state index < -0.39 is 6.04 Å². The Morgan fingerprint density at radius 3 is 2.41 bits per heavy atom. The molecular weight excluding hydrogens is 362 g/mol. The molecule has 0 spiro atoms. The Morgan fingerprint density at radius 2 is 1.69 bits per heavy atom. The van der Waals surface area contributed by atoms with Crippen LogP contribution >= 0.6 is 0 Å². The molecule has 1 atom stereocenters. The molecule has 5 nitrogen and oxygen atoms in total. The highest BCUT2D eigenvalue weighted by atomic mass is 16.5. The van der Waals surface area contributed by atoms with Crippen LogP contribution in [0, 0.1) is 0 Å². The van der Waals surface area contributed by atoms with Crippen molar-refractivity contribution in [3.8, 4) is 17.0 Å². The number of ether oxygens (including phenoxy) is 1. The fourth-order valence-electron chi connectivity index (χ4n) is 3.38. The zero-order valence-corrected chi connectivity index (χ0v) is 16.5. The van der Waals surface area contributed by atoms with Crippen LogP contribution in [0.4, 0.5) is 0 Å². The maximum absolute atomic E-state index is 12.8. The topological polar surface area (TPSA) is 56.1 Å². The van der Waals surface area contributed by atoms with Crippen molar-refractivity contribution < 1.29 is 9.53 Å². The predicted octanol–water partition coefficient (Wildman–Crippen LogP) is 4.59. The first-order chi connectivity index (χ1) is 14.2. The van der Waals surface area contributed by atoms with Crippen molar-refractivity contribution in [1.29, 1.82) is 0 Å². The summed E-state index contributed by atoms with van der Waals surface area (Å²) in [5, 5.41) is 8.84. The Morgan fingerprint density at radius 1 is 1.00 bits per heavy atom. The first kappa shape index (κ1) is 18.7. The van der Waals surface area contributed by atoms with Crippen molar-refractivity contribution >= 4 is 16.8 Å². The third kappa shape index (κ3) is 3.85. The zero-order chi connectivity index (χ0) is 20.2. The normalized spacial score (nSPS) is 11.9. The van der Waals surface area contributed by atoms with Crippen LogP contribution in [0.5, 0.6) is 5.75 Å². The summed E-state index contributed by atoms with van der Waals surface area (Å²) in [5.41, 5.74) is 3.88. The lowest BCUT2D eigenvalue weighted by atomic mass is 10.1. The Balaban J connectivity index is 1.57. The van der Waals surface area contributed by atoms with E-state index in [0.29, 0.717) is 6.54 Å². The minimum atomic E-state index is -0.435. The second kappa shape index (κ2) is 8.19. The van der Waals surface area contributed by atoms with Crippen molar-refractivity contribution in [3.63, 3.8) is 0 Å². The number of carbonyl (C=O) groups is 1. The van der Waals surface area contributed by atoms with Gasteiger partial charge in [0.25, 0.3) is 0 Å². The summed E-state index contributed by atoms with van der Waals surface area (Å²) < 4.78 is 6.98. The molecule has 0 fully saturated rings. The second-order valence-corrected chi connectivity index (χ2v) is 6.92. The van der Waals surface area contributed by atoms with Crippen molar-refractivity contribution in [2.45, 2.75) is 19.5 Å². The summed E-state index contributed by atoms with van der Waals surface area (Å²) in [6, 6.07) is 25.3. The summed E-state index contributed by atoms with van der Waals surface area (Å²) in [5.74, 6) is 0.721. The third-order valence-electron chi connectivity index (χ3n) is 5.03. The molecule has 0 radical (unpaired) electrons. The smallest absolute Gasteiger partial charge is 0.244 e. The third-order valence-corrected chi connectivity index (χ3v) is 5.03. The molecule has 0 saturated carbocycles. The van der Waals surface area contributed by atoms with Crippen LogP contribution in [0.25, 0.3) is 22.2 Å². The van der Waals surface area contributed by atoms with Crippen LogP contribution in [-0.4, -0.2) is 22.8 Å². The van der Waals surface area contributed by atoms with Crippen LogP contribution in [-0.2, 0) is 11.3 Å². The van der Waals surface area contributed by atoms with E-state index in [4.69, 9.17) is 9.84 Å². The van der Waals surface area contributed by atoms with Crippen molar-refractivity contribution in [2.75, 3.05) is 7.11 Å². The van der Waals surface area contributed by atoms with Crippen LogP contribution in [0.1, 0.15) is 18.5 Å². The van der Waals surface area contributed by atoms with Gasteiger partial charge in [0.2, 0.25) is 5.91 Å². The van der Waals surface area contributed by atoms with Gasteiger partial charge in [0, 0.05) is 17.5 Å². The maximum Gasteiger partial charge on any atom is 0.244 e. The van der Waals surface area contributed by atoms with E-state index in [2.05, 4.69) is 5.32 Å². The number of nitrogens with zero attached hydrogens (tertiary/aromatic N) is 2. The van der Waals surface area contributed by atoms with Crippen LogP contribution in [0.2, 0.25) is 0 Å². The first-order valence-electron chi connectivity index (χ1n) is 9.60. The molecule has 1 unspecified atom stereocenters. The minimum Gasteiger partial charge on any atom is -0.497 e. The second-order valence-electron chi connectivity index (χ2n) is 6.92. The summed E-state index contributed by atoms with van der Waals surface area (Å²) in [4.78, 5) is 12.8. The molecule has 0 aliphatic carbocycles. The number of methoxy groups -OCH3 is 1. The van der Waals surface area contributed by atoms with Gasteiger partial charge in [-0.3, -0.25) is 9.48 Å². The average Bonchev–Trinajstić information content (AvgIpc) is 3.17. The average molecular weight is 385 g/mol. The van der Waals surface area contributed by atoms with Crippen molar-refractivity contribution in [2.24, 2.45) is 0 Å². The predicted molar refractivity (Wildman–Crippen MR) is 115 cm³/mol. The van der Waals surface area contributed by atoms with Gasteiger partial charge in [0.15, 0.2) is 0 Å². The van der Waals surface area contributed by atoms with E-state index in [1.165, 1.54) is 0 Å². The molecule has 1 aromatic heterocycles. The van der Waals surface area contributed by atoms with Crippen LogP contribution < -0.4 is 10.1 Å². The SMILES string of the molecule is COc1ccc(CNC(=O)C(C)n2nc(-c3ccccc3)c3ccccc32)cc1. The van der Waals surface area contributed by atoms with Gasteiger partial charge in [-0.1, -0.05) is 60.7 Å². The van der Waals surface area contributed by atoms with E-state index in [-0.39, 0.29) is 5.91 Å². The Labute approximate surface area is 169 Å². The molecule has 0 bridgehead atoms. The molecule has 3 aromatic carbocycles. The monoisotopic (exact) mass is 385 g/mol. The Bertz CT molecular complexity index is 1120. The van der Waals surface area contributed by atoms with Gasteiger partial charge in [-0.25, -0.2) is 0 Å². The van der Waals surface area contributed by atoms with E-state index >= 15 is 0 Å². The standard InChI is InChI=1S/C24H23N3O2/c1-17(24(28)25-16-18-12-14-20(29-2)15-13-18)27-22-11-7-6-10-21(22)23(26-27)19-8-4-3-5-9-19/h3-15,17H,16H2,1-2H3,(H,25,28). The molecule has 1 N–H and O–H groups in total. The molecule has 146 valence electrons. The quantitative estimate of drug-likeness (QED) is 0.528. The number of para-hydroxylation sites is 1. The van der Waals surface area contributed by atoms with Gasteiger partial charge >= 0.3 is 0 Å². The van der Waals surface area contributed by atoms with Gasteiger partial charge in [-0.15, -0.1) is 0 Å². The van der Waals surface area contributed by atoms with Crippen LogP contribution in [0.3, 0.4) is 0 Å². The number of fused-ring (bicyclic) bond motifs is 1. The van der Waals surface area contributed by atoms with E-state index in [0.717, 1.165) is 33.5 Å². The lowest BCUT2D eigenvalue weighted by Crippen LogP contribution is -2.31. The lowest BCUT2D eigenvalue weighted by Gasteiger charge is -2.14. The number of benzene rings is 3. The highest BCUT2D eigenvalue weighted by Gasteiger charge is 2.20. The van der Waals surface area contributed by atoms with Crippen LogP contribution in [0.15, 0.2) is 78.9 Å². The van der Waals surface area contributed by atoms with Gasteiger partial charge in [-0.2, -0.15) is 5.10 Å². The van der Waals surface area contributed by atoms with Gasteiger partial charge in [0.05, 0.1) is 12.6 Å². The molecule has 4 rings (SSSR count). The minimum absolute atomic E-state index is 0.0753. The highest BCUT2D eigenvalue weighted by molar-refractivity contribution is 5.94. The van der Waals surface area contributed by atoms with Crippen molar-refractivity contribution in [1.82, 2.24) is 15.1 Å². The summed E-state index contributed by atoms with van der Waals surface area (Å²) in [7, 11) is 1.64. The number of rotatable bonds is 6. The highest BCUT2D eigenvalue weighted by Crippen LogP contribution is 2.29. The number of nitrogens with one attached hydrogen (secondary N) is 1. The summed E-state index contributed by atoms with van der Waals surface area (Å²) in [6.07, 6.45) is 0. The fraction of sp³-hybridized carbons (Fsp3) is 0.167. The maximum atomic E-state index is 12.8. The molecule has 0 saturated heterocycles. The molecular formula is C24H23N3O2. The number of aromatic nitrogens is 2. The fourth-order valence-corrected chi connectivity index (χ4v) is 3.38. The molecule has 0 aliphatic heterocycles. The van der Waals surface area contributed by atoms with Gasteiger partial charge in [-0.05, 0) is 30.7 Å². The Hall–Kier alpha value is -3.60. The molecule has 4 aromatic rings. The zero-order valence-electron chi connectivity index (χ0n) is 16.5. The molecule has 1 amide bonds. The van der Waals surface area contributed by atoms with E-state index in [9.17, 15) is 4.79 Å². The summed E-state index contributed by atoms with van der Waals surface area (Å²) >= 11 is 0. The molecule has 0 aliphatic rings. The summed E-state index contributed by atoms with van der Waals surface area (Å²) in [6.45, 7) is 2.33. The van der Waals surface area contributed by atoms with Gasteiger partial charge < -0.3 is 10.1 Å². The number of hydrogen-bond donors (Lipinski definition) is 1. The lowest BCUT2D eigenvalue weighted by molar-refractivity contribution is -0.124. The molecule has 29 heavy (non-hydrogen) atoms. The molecule has 1 heterocycles. The number of amides is 1. The van der Waals surface area contributed by atoms with Gasteiger partial charge in [0.1, 0.15) is 17.5 Å². The van der Waals surface area contributed by atoms with E-state index in [1.54, 1.807) is 11.8 Å². The number of hydrogen-bond acceptors (Lipinski definition) is 3. The number of carbonyl (C=O) groups excluding carboxylic acids is 1. The first-order valence-corrected chi connectivity index (χ1v) is 9.60. The van der Waals surface area contributed by atoms with E-state index in [1.807, 2.05) is 85.8 Å². The largest absolute Gasteiger partial charge is 0.497 e. The van der Waals surface area contributed by atoms with Crippen molar-refractivity contribution in [3.05, 3.63) is 84.4 Å².